The largest absolute Gasteiger partial charge is 0.313 e. The van der Waals surface area contributed by atoms with Crippen molar-refractivity contribution in [3.8, 4) is 0 Å². The lowest BCUT2D eigenvalue weighted by Crippen LogP contribution is -1.93. The van der Waals surface area contributed by atoms with E-state index in [1.165, 1.54) is 0 Å². The van der Waals surface area contributed by atoms with E-state index >= 15 is 0 Å². The lowest BCUT2D eigenvalue weighted by atomic mass is 10.8. The highest BCUT2D eigenvalue weighted by atomic mass is 15.3. The third-order valence-corrected chi connectivity index (χ3v) is 0.419. The second-order valence-electron chi connectivity index (χ2n) is 0.909. The Kier molecular flexibility index (Phi) is 4.51. The summed E-state index contributed by atoms with van der Waals surface area (Å²) in [6.45, 7) is 0. The smallest absolute Gasteiger partial charge is 0.0646 e. The predicted molar refractivity (Wildman–Crippen MR) is 32.0 cm³/mol. The summed E-state index contributed by atoms with van der Waals surface area (Å²) < 4.78 is 0. The third kappa shape index (κ3) is 5.14. The average Bonchev–Trinajstić information content (AvgIpc) is 1.69. The topological polar surface area (TPSA) is 36.8 Å². The molecule has 0 aliphatic heterocycles. The molecule has 1 N–H and O–H groups in total. The molecule has 0 fully saturated rings. The minimum atomic E-state index is 1.58. The number of hydrogen-bond acceptors (Lipinski definition) is 3. The van der Waals surface area contributed by atoms with Crippen LogP contribution in [0.3, 0.4) is 0 Å². The van der Waals surface area contributed by atoms with E-state index in [1.54, 1.807) is 26.5 Å². The minimum absolute atomic E-state index is 1.58. The molecule has 0 saturated carbocycles. The zero-order valence-electron chi connectivity index (χ0n) is 4.55. The maximum absolute atomic E-state index is 3.66. The lowest BCUT2D eigenvalue weighted by Gasteiger charge is -1.77. The summed E-state index contributed by atoms with van der Waals surface area (Å²) in [6, 6.07) is 0. The van der Waals surface area contributed by atoms with Crippen LogP contribution in [0.25, 0.3) is 0 Å². The van der Waals surface area contributed by atoms with Gasteiger partial charge in [-0.3, -0.25) is 4.99 Å². The average molecular weight is 99.1 g/mol. The summed E-state index contributed by atoms with van der Waals surface area (Å²) in [6.07, 6.45) is 3.19. The Morgan fingerprint density at radius 1 is 1.43 bits per heavy atom. The molecule has 0 aliphatic carbocycles. The van der Waals surface area contributed by atoms with Gasteiger partial charge in [-0.15, -0.1) is 0 Å². The van der Waals surface area contributed by atoms with E-state index in [4.69, 9.17) is 0 Å². The minimum Gasteiger partial charge on any atom is -0.313 e. The molecule has 0 unspecified atom stereocenters. The van der Waals surface area contributed by atoms with E-state index in [1.807, 2.05) is 0 Å². The molecule has 0 rings (SSSR count). The first-order valence-electron chi connectivity index (χ1n) is 2.02. The molecule has 0 bridgehead atoms. The van der Waals surface area contributed by atoms with Crippen LogP contribution < -0.4 is 5.43 Å². The number of hydrogen-bond donors (Lipinski definition) is 1. The highest BCUT2D eigenvalue weighted by molar-refractivity contribution is 6.15. The van der Waals surface area contributed by atoms with Crippen molar-refractivity contribution in [1.82, 2.24) is 5.43 Å². The zero-order valence-corrected chi connectivity index (χ0v) is 4.55. The van der Waals surface area contributed by atoms with Gasteiger partial charge in [-0.1, -0.05) is 0 Å². The van der Waals surface area contributed by atoms with Gasteiger partial charge < -0.3 is 5.43 Å². The van der Waals surface area contributed by atoms with Gasteiger partial charge in [0.05, 0.1) is 6.21 Å². The number of rotatable bonds is 2. The van der Waals surface area contributed by atoms with Gasteiger partial charge >= 0.3 is 0 Å². The van der Waals surface area contributed by atoms with Crippen LogP contribution >= 0.6 is 0 Å². The van der Waals surface area contributed by atoms with Gasteiger partial charge in [0.1, 0.15) is 0 Å². The Morgan fingerprint density at radius 2 is 2.14 bits per heavy atom. The molecule has 0 aliphatic rings. The third-order valence-electron chi connectivity index (χ3n) is 0.419. The van der Waals surface area contributed by atoms with E-state index in [9.17, 15) is 0 Å². The van der Waals surface area contributed by atoms with Crippen molar-refractivity contribution in [1.29, 1.82) is 0 Å². The standard InChI is InChI=1S/C4H9N3/c1-5-3-4-7-6-2/h3-4,6H,1-2H3/b5-3-,7-4-. The van der Waals surface area contributed by atoms with E-state index in [2.05, 4.69) is 15.5 Å². The molecule has 0 aromatic rings. The van der Waals surface area contributed by atoms with Crippen molar-refractivity contribution in [2.24, 2.45) is 10.1 Å². The maximum atomic E-state index is 3.66. The molecule has 0 amide bonds. The quantitative estimate of drug-likeness (QED) is 0.380. The predicted octanol–water partition coefficient (Wildman–Crippen LogP) is -0.108. The number of hydrazone groups is 1. The van der Waals surface area contributed by atoms with E-state index in [-0.39, 0.29) is 0 Å². The first-order chi connectivity index (χ1) is 3.41. The van der Waals surface area contributed by atoms with Crippen LogP contribution in [0, 0.1) is 0 Å². The van der Waals surface area contributed by atoms with Crippen molar-refractivity contribution in [3.63, 3.8) is 0 Å². The Labute approximate surface area is 43.1 Å². The lowest BCUT2D eigenvalue weighted by molar-refractivity contribution is 0.910. The Bertz CT molecular complexity index is 75.0. The summed E-state index contributed by atoms with van der Waals surface area (Å²) in [4.78, 5) is 3.66. The molecular formula is C4H9N3. The van der Waals surface area contributed by atoms with Crippen molar-refractivity contribution in [2.75, 3.05) is 14.1 Å². The van der Waals surface area contributed by atoms with Crippen LogP contribution in [0.4, 0.5) is 0 Å². The van der Waals surface area contributed by atoms with Crippen LogP contribution in [0.2, 0.25) is 0 Å². The molecule has 7 heavy (non-hydrogen) atoms. The molecule has 3 nitrogen and oxygen atoms in total. The van der Waals surface area contributed by atoms with Gasteiger partial charge in [0.2, 0.25) is 0 Å². The molecule has 0 aromatic heterocycles. The molecule has 0 radical (unpaired) electrons. The monoisotopic (exact) mass is 99.1 g/mol. The Hall–Kier alpha value is -0.860. The van der Waals surface area contributed by atoms with Crippen LogP contribution in [-0.4, -0.2) is 26.5 Å². The number of nitrogens with zero attached hydrogens (tertiary/aromatic N) is 2. The van der Waals surface area contributed by atoms with Crippen molar-refractivity contribution in [2.45, 2.75) is 0 Å². The summed E-state index contributed by atoms with van der Waals surface area (Å²) >= 11 is 0. The van der Waals surface area contributed by atoms with Gasteiger partial charge in [0, 0.05) is 20.3 Å². The zero-order chi connectivity index (χ0) is 5.54. The van der Waals surface area contributed by atoms with E-state index in [0.717, 1.165) is 0 Å². The fourth-order valence-electron chi connectivity index (χ4n) is 0.175. The Balaban J connectivity index is 3.09. The fourth-order valence-corrected chi connectivity index (χ4v) is 0.175. The van der Waals surface area contributed by atoms with Gasteiger partial charge in [0.25, 0.3) is 0 Å². The van der Waals surface area contributed by atoms with Crippen LogP contribution in [0.5, 0.6) is 0 Å². The SMILES string of the molecule is C/N=C\C=N/NC. The molecule has 0 aromatic carbocycles. The highest BCUT2D eigenvalue weighted by Gasteiger charge is 1.55. The first-order valence-corrected chi connectivity index (χ1v) is 2.02. The van der Waals surface area contributed by atoms with Crippen molar-refractivity contribution >= 4 is 12.4 Å². The summed E-state index contributed by atoms with van der Waals surface area (Å²) in [5.41, 5.74) is 2.58. The van der Waals surface area contributed by atoms with Crippen LogP contribution in [0.1, 0.15) is 0 Å². The Morgan fingerprint density at radius 3 is 2.57 bits per heavy atom. The normalized spacial score (nSPS) is 11.1. The van der Waals surface area contributed by atoms with Crippen molar-refractivity contribution in [3.05, 3.63) is 0 Å². The molecule has 3 heteroatoms. The van der Waals surface area contributed by atoms with Gasteiger partial charge in [-0.2, -0.15) is 5.10 Å². The second kappa shape index (κ2) is 5.14. The van der Waals surface area contributed by atoms with Gasteiger partial charge in [-0.25, -0.2) is 0 Å². The molecule has 0 atom stereocenters. The second-order valence-corrected chi connectivity index (χ2v) is 0.909. The fraction of sp³-hybridized carbons (Fsp3) is 0.500. The summed E-state index contributed by atoms with van der Waals surface area (Å²) in [5.74, 6) is 0. The summed E-state index contributed by atoms with van der Waals surface area (Å²) in [7, 11) is 3.43. The van der Waals surface area contributed by atoms with Crippen LogP contribution in [0.15, 0.2) is 10.1 Å². The molecule has 0 heterocycles. The highest BCUT2D eigenvalue weighted by Crippen LogP contribution is 1.47. The van der Waals surface area contributed by atoms with E-state index < -0.39 is 0 Å². The van der Waals surface area contributed by atoms with E-state index in [0.29, 0.717) is 0 Å². The van der Waals surface area contributed by atoms with Gasteiger partial charge in [0.15, 0.2) is 0 Å². The maximum Gasteiger partial charge on any atom is 0.0646 e. The molecule has 40 valence electrons. The van der Waals surface area contributed by atoms with Crippen LogP contribution in [-0.2, 0) is 0 Å². The number of aliphatic imine (C=N–C) groups is 1. The molecule has 0 saturated heterocycles. The molecule has 0 spiro atoms. The first kappa shape index (κ1) is 6.14. The number of nitrogens with one attached hydrogen (secondary N) is 1. The van der Waals surface area contributed by atoms with Gasteiger partial charge in [-0.05, 0) is 0 Å². The summed E-state index contributed by atoms with van der Waals surface area (Å²) in [5, 5.41) is 3.64. The molecular weight excluding hydrogens is 90.1 g/mol. The van der Waals surface area contributed by atoms with Crippen molar-refractivity contribution < 1.29 is 0 Å².